The van der Waals surface area contributed by atoms with Crippen LogP contribution in [-0.4, -0.2) is 57.5 Å². The van der Waals surface area contributed by atoms with Gasteiger partial charge in [-0.2, -0.15) is 0 Å². The van der Waals surface area contributed by atoms with Crippen molar-refractivity contribution in [1.82, 2.24) is 5.32 Å². The second kappa shape index (κ2) is 7.69. The summed E-state index contributed by atoms with van der Waals surface area (Å²) >= 11 is 0. The molecule has 1 atom stereocenters. The number of para-hydroxylation sites is 2. The molecule has 0 saturated carbocycles. The van der Waals surface area contributed by atoms with Crippen LogP contribution in [-0.2, 0) is 28.6 Å². The maximum Gasteiger partial charge on any atom is 0.355 e. The summed E-state index contributed by atoms with van der Waals surface area (Å²) < 4.78 is 15.0. The fraction of sp³-hybridized carbons (Fsp3) is 0.333. The van der Waals surface area contributed by atoms with Crippen LogP contribution in [0.25, 0.3) is 0 Å². The Morgan fingerprint density at radius 3 is 2.32 bits per heavy atom. The first-order valence-electron chi connectivity index (χ1n) is 8.39. The van der Waals surface area contributed by atoms with Crippen molar-refractivity contribution in [3.05, 3.63) is 35.5 Å². The van der Waals surface area contributed by atoms with Gasteiger partial charge in [0, 0.05) is 0 Å². The summed E-state index contributed by atoms with van der Waals surface area (Å²) in [6.45, 7) is 1.33. The Balaban J connectivity index is 2.15. The summed E-state index contributed by atoms with van der Waals surface area (Å²) in [7, 11) is 2.37. The number of ether oxygens (including phenoxy) is 3. The summed E-state index contributed by atoms with van der Waals surface area (Å²) in [6.07, 6.45) is 0. The molecule has 2 aliphatic rings. The summed E-state index contributed by atoms with van der Waals surface area (Å²) in [6, 6.07) is 5.22. The van der Waals surface area contributed by atoms with E-state index in [2.05, 4.69) is 5.32 Å². The van der Waals surface area contributed by atoms with Gasteiger partial charge in [0.15, 0.2) is 0 Å². The average molecular weight is 389 g/mol. The highest BCUT2D eigenvalue weighted by atomic mass is 16.5. The Labute approximate surface area is 160 Å². The Morgan fingerprint density at radius 2 is 1.75 bits per heavy atom. The van der Waals surface area contributed by atoms with Crippen LogP contribution in [0.5, 0.6) is 0 Å². The van der Waals surface area contributed by atoms with Gasteiger partial charge in [0.05, 0.1) is 37.8 Å². The highest BCUT2D eigenvalue weighted by Crippen LogP contribution is 2.36. The molecule has 1 fully saturated rings. The van der Waals surface area contributed by atoms with E-state index in [0.29, 0.717) is 5.69 Å². The van der Waals surface area contributed by atoms with Crippen LogP contribution >= 0.6 is 0 Å². The largest absolute Gasteiger partial charge is 0.466 e. The number of benzene rings is 1. The number of amides is 3. The molecule has 0 bridgehead atoms. The van der Waals surface area contributed by atoms with Gasteiger partial charge in [0.25, 0.3) is 5.91 Å². The van der Waals surface area contributed by atoms with Crippen molar-refractivity contribution in [2.75, 3.05) is 37.4 Å². The van der Waals surface area contributed by atoms with E-state index in [4.69, 9.17) is 14.2 Å². The molecule has 1 N–H and O–H groups in total. The Kier molecular flexibility index (Phi) is 5.32. The molecule has 10 heteroatoms. The molecule has 1 unspecified atom stereocenters. The lowest BCUT2D eigenvalue weighted by atomic mass is 10.1. The highest BCUT2D eigenvalue weighted by molar-refractivity contribution is 6.22. The fourth-order valence-electron chi connectivity index (χ4n) is 3.05. The van der Waals surface area contributed by atoms with Crippen LogP contribution in [0.4, 0.5) is 16.2 Å². The molecule has 1 saturated heterocycles. The lowest BCUT2D eigenvalue weighted by molar-refractivity contribution is -0.140. The van der Waals surface area contributed by atoms with Crippen molar-refractivity contribution < 1.29 is 33.4 Å². The number of hydrogen-bond donors (Lipinski definition) is 1. The summed E-state index contributed by atoms with van der Waals surface area (Å²) in [5, 5.41) is 2.54. The third-order valence-electron chi connectivity index (χ3n) is 4.38. The normalized spacial score (nSPS) is 19.6. The molecule has 2 aliphatic heterocycles. The Bertz CT molecular complexity index is 880. The zero-order valence-corrected chi connectivity index (χ0v) is 15.6. The van der Waals surface area contributed by atoms with E-state index >= 15 is 0 Å². The van der Waals surface area contributed by atoms with E-state index in [-0.39, 0.29) is 30.3 Å². The third-order valence-corrected chi connectivity index (χ3v) is 4.38. The van der Waals surface area contributed by atoms with Gasteiger partial charge >= 0.3 is 18.0 Å². The molecule has 3 rings (SSSR count). The molecule has 10 nitrogen and oxygen atoms in total. The number of nitrogens with zero attached hydrogens (tertiary/aromatic N) is 2. The fourth-order valence-corrected chi connectivity index (χ4v) is 3.05. The molecule has 148 valence electrons. The van der Waals surface area contributed by atoms with Gasteiger partial charge in [-0.15, -0.1) is 0 Å². The standard InChI is InChI=1S/C18H19N3O7/c1-10-15(22)21(18(25)19-10)13-7-5-4-6-12(13)20-9-28-8-11(16(23)26-2)14(20)17(24)27-3/h4-7,10H,8-9H2,1-3H3,(H,19,25). The quantitative estimate of drug-likeness (QED) is 0.586. The number of carbonyl (C=O) groups excluding carboxylic acids is 4. The molecule has 0 aromatic heterocycles. The van der Waals surface area contributed by atoms with Crippen LogP contribution in [0, 0.1) is 0 Å². The average Bonchev–Trinajstić information content (AvgIpc) is 2.97. The number of methoxy groups -OCH3 is 2. The number of hydrogen-bond acceptors (Lipinski definition) is 8. The zero-order valence-electron chi connectivity index (χ0n) is 15.6. The Morgan fingerprint density at radius 1 is 1.11 bits per heavy atom. The van der Waals surface area contributed by atoms with Gasteiger partial charge < -0.3 is 24.4 Å². The van der Waals surface area contributed by atoms with Crippen molar-refractivity contribution in [1.29, 1.82) is 0 Å². The molecule has 28 heavy (non-hydrogen) atoms. The minimum atomic E-state index is -0.774. The smallest absolute Gasteiger partial charge is 0.355 e. The van der Waals surface area contributed by atoms with Gasteiger partial charge in [0.2, 0.25) is 0 Å². The van der Waals surface area contributed by atoms with E-state index in [1.54, 1.807) is 31.2 Å². The zero-order chi connectivity index (χ0) is 20.4. The lowest BCUT2D eigenvalue weighted by Crippen LogP contribution is -2.40. The van der Waals surface area contributed by atoms with Crippen molar-refractivity contribution >= 4 is 35.3 Å². The predicted octanol–water partition coefficient (Wildman–Crippen LogP) is 0.525. The number of urea groups is 1. The molecule has 0 spiro atoms. The van der Waals surface area contributed by atoms with Gasteiger partial charge in [-0.25, -0.2) is 19.3 Å². The third kappa shape index (κ3) is 3.18. The molecule has 1 aromatic carbocycles. The van der Waals surface area contributed by atoms with Crippen LogP contribution in [0.1, 0.15) is 6.92 Å². The minimum absolute atomic E-state index is 0.0269. The monoisotopic (exact) mass is 389 g/mol. The number of rotatable bonds is 4. The molecule has 2 heterocycles. The first kappa shape index (κ1) is 19.4. The van der Waals surface area contributed by atoms with Gasteiger partial charge in [-0.3, -0.25) is 4.79 Å². The van der Waals surface area contributed by atoms with E-state index in [1.807, 2.05) is 0 Å². The van der Waals surface area contributed by atoms with Gasteiger partial charge in [0.1, 0.15) is 18.5 Å². The van der Waals surface area contributed by atoms with Gasteiger partial charge in [-0.05, 0) is 19.1 Å². The van der Waals surface area contributed by atoms with Crippen LogP contribution < -0.4 is 15.1 Å². The Hall–Kier alpha value is -3.40. The van der Waals surface area contributed by atoms with Crippen LogP contribution in [0.2, 0.25) is 0 Å². The highest BCUT2D eigenvalue weighted by Gasteiger charge is 2.40. The first-order chi connectivity index (χ1) is 13.4. The molecular formula is C18H19N3O7. The SMILES string of the molecule is COC(=O)C1=C(C(=O)OC)N(c2ccccc2N2C(=O)NC(C)C2=O)COC1. The molecule has 1 aromatic rings. The van der Waals surface area contributed by atoms with Crippen molar-refractivity contribution in [3.8, 4) is 0 Å². The van der Waals surface area contributed by atoms with E-state index in [1.165, 1.54) is 19.1 Å². The van der Waals surface area contributed by atoms with Crippen LogP contribution in [0.15, 0.2) is 35.5 Å². The predicted molar refractivity (Wildman–Crippen MR) is 96.3 cm³/mol. The van der Waals surface area contributed by atoms with Crippen molar-refractivity contribution in [2.24, 2.45) is 0 Å². The lowest BCUT2D eigenvalue weighted by Gasteiger charge is -2.33. The van der Waals surface area contributed by atoms with E-state index in [0.717, 1.165) is 4.90 Å². The summed E-state index contributed by atoms with van der Waals surface area (Å²) in [4.78, 5) is 51.7. The topological polar surface area (TPSA) is 114 Å². The summed E-state index contributed by atoms with van der Waals surface area (Å²) in [5.74, 6) is -1.96. The van der Waals surface area contributed by atoms with Gasteiger partial charge in [-0.1, -0.05) is 12.1 Å². The summed E-state index contributed by atoms with van der Waals surface area (Å²) in [5.41, 5.74) is 0.459. The number of carbonyl (C=O) groups is 4. The number of nitrogens with one attached hydrogen (secondary N) is 1. The second-order valence-corrected chi connectivity index (χ2v) is 6.05. The maximum atomic E-state index is 12.5. The molecule has 0 aliphatic carbocycles. The molecular weight excluding hydrogens is 370 g/mol. The second-order valence-electron chi connectivity index (χ2n) is 6.05. The van der Waals surface area contributed by atoms with E-state index < -0.39 is 29.9 Å². The first-order valence-corrected chi connectivity index (χ1v) is 8.39. The molecule has 0 radical (unpaired) electrons. The van der Waals surface area contributed by atoms with Crippen molar-refractivity contribution in [2.45, 2.75) is 13.0 Å². The van der Waals surface area contributed by atoms with Crippen molar-refractivity contribution in [3.63, 3.8) is 0 Å². The number of imide groups is 1. The number of anilines is 2. The van der Waals surface area contributed by atoms with Crippen LogP contribution in [0.3, 0.4) is 0 Å². The minimum Gasteiger partial charge on any atom is -0.466 e. The number of esters is 2. The van der Waals surface area contributed by atoms with E-state index in [9.17, 15) is 19.2 Å². The molecule has 3 amide bonds. The maximum absolute atomic E-state index is 12.5.